The first-order chi connectivity index (χ1) is 16.2. The molecule has 3 N–H and O–H groups in total. The number of amides is 3. The highest BCUT2D eigenvalue weighted by molar-refractivity contribution is 6.22. The molecule has 34 heavy (non-hydrogen) atoms. The van der Waals surface area contributed by atoms with Gasteiger partial charge in [0.2, 0.25) is 0 Å². The van der Waals surface area contributed by atoms with Crippen LogP contribution in [0.5, 0.6) is 5.75 Å². The van der Waals surface area contributed by atoms with Crippen molar-refractivity contribution in [2.45, 2.75) is 33.0 Å². The van der Waals surface area contributed by atoms with E-state index in [1.54, 1.807) is 20.8 Å². The van der Waals surface area contributed by atoms with Gasteiger partial charge in [-0.25, -0.2) is 4.79 Å². The SMILES string of the molecule is CC(C)(C)OC(=O)Nc1cc2c(cc1Nc1ccc(OCc3ccccc3)cc1)C(=O)NC2=O. The van der Waals surface area contributed by atoms with Crippen LogP contribution in [0.3, 0.4) is 0 Å². The second kappa shape index (κ2) is 9.27. The van der Waals surface area contributed by atoms with Crippen LogP contribution >= 0.6 is 0 Å². The molecule has 0 aromatic heterocycles. The van der Waals surface area contributed by atoms with Gasteiger partial charge in [0.1, 0.15) is 18.0 Å². The molecule has 0 spiro atoms. The molecule has 8 nitrogen and oxygen atoms in total. The van der Waals surface area contributed by atoms with Gasteiger partial charge in [0.25, 0.3) is 11.8 Å². The maximum absolute atomic E-state index is 12.4. The van der Waals surface area contributed by atoms with E-state index in [1.807, 2.05) is 54.6 Å². The standard InChI is InChI=1S/C26H25N3O5/c1-26(2,3)34-25(32)28-22-14-20-19(23(30)29-24(20)31)13-21(22)27-17-9-11-18(12-10-17)33-15-16-7-5-4-6-8-16/h4-14,27H,15H2,1-3H3,(H,28,32)(H,29,30,31). The molecule has 1 heterocycles. The molecule has 0 saturated carbocycles. The zero-order chi connectivity index (χ0) is 24.3. The Morgan fingerprint density at radius 2 is 1.50 bits per heavy atom. The van der Waals surface area contributed by atoms with Crippen molar-refractivity contribution in [2.24, 2.45) is 0 Å². The summed E-state index contributed by atoms with van der Waals surface area (Å²) < 4.78 is 11.1. The molecular weight excluding hydrogens is 434 g/mol. The minimum absolute atomic E-state index is 0.186. The van der Waals surface area contributed by atoms with Crippen LogP contribution in [0.1, 0.15) is 47.1 Å². The summed E-state index contributed by atoms with van der Waals surface area (Å²) in [5.74, 6) is -0.310. The Labute approximate surface area is 197 Å². The third kappa shape index (κ3) is 5.53. The summed E-state index contributed by atoms with van der Waals surface area (Å²) in [4.78, 5) is 36.6. The summed E-state index contributed by atoms with van der Waals surface area (Å²) in [7, 11) is 0. The van der Waals surface area contributed by atoms with Crippen LogP contribution < -0.4 is 20.7 Å². The predicted octanol–water partition coefficient (Wildman–Crippen LogP) is 5.24. The van der Waals surface area contributed by atoms with Crippen LogP contribution in [-0.4, -0.2) is 23.5 Å². The number of anilines is 3. The largest absolute Gasteiger partial charge is 0.489 e. The number of carbonyl (C=O) groups excluding carboxylic acids is 3. The summed E-state index contributed by atoms with van der Waals surface area (Å²) in [6, 6.07) is 20.1. The Hall–Kier alpha value is -4.33. The first kappa shape index (κ1) is 22.8. The zero-order valence-corrected chi connectivity index (χ0v) is 19.1. The van der Waals surface area contributed by atoms with E-state index >= 15 is 0 Å². The molecule has 0 aliphatic carbocycles. The second-order valence-corrected chi connectivity index (χ2v) is 8.78. The molecule has 3 aromatic rings. The number of carbonyl (C=O) groups is 3. The molecular formula is C26H25N3O5. The average molecular weight is 460 g/mol. The lowest BCUT2D eigenvalue weighted by atomic mass is 10.1. The molecule has 3 aromatic carbocycles. The van der Waals surface area contributed by atoms with Crippen molar-refractivity contribution >= 4 is 35.0 Å². The summed E-state index contributed by atoms with van der Waals surface area (Å²) in [5.41, 5.74) is 2.22. The molecule has 0 unspecified atom stereocenters. The first-order valence-corrected chi connectivity index (χ1v) is 10.8. The number of hydrogen-bond acceptors (Lipinski definition) is 6. The minimum atomic E-state index is -0.697. The van der Waals surface area contributed by atoms with Crippen molar-refractivity contribution in [1.29, 1.82) is 0 Å². The summed E-state index contributed by atoms with van der Waals surface area (Å²) >= 11 is 0. The van der Waals surface area contributed by atoms with Gasteiger partial charge in [-0.1, -0.05) is 30.3 Å². The summed E-state index contributed by atoms with van der Waals surface area (Å²) in [6.45, 7) is 5.71. The van der Waals surface area contributed by atoms with E-state index in [1.165, 1.54) is 12.1 Å². The fraction of sp³-hybridized carbons (Fsp3) is 0.192. The van der Waals surface area contributed by atoms with Gasteiger partial charge < -0.3 is 14.8 Å². The highest BCUT2D eigenvalue weighted by Gasteiger charge is 2.29. The Kier molecular flexibility index (Phi) is 6.23. The van der Waals surface area contributed by atoms with Gasteiger partial charge in [0.15, 0.2) is 0 Å². The van der Waals surface area contributed by atoms with Gasteiger partial charge in [-0.05, 0) is 62.7 Å². The molecule has 4 rings (SSSR count). The molecule has 1 aliphatic heterocycles. The number of benzene rings is 3. The van der Waals surface area contributed by atoms with E-state index in [4.69, 9.17) is 9.47 Å². The van der Waals surface area contributed by atoms with Crippen molar-refractivity contribution in [3.05, 3.63) is 83.4 Å². The first-order valence-electron chi connectivity index (χ1n) is 10.8. The number of hydrogen-bond donors (Lipinski definition) is 3. The Morgan fingerprint density at radius 1 is 0.882 bits per heavy atom. The van der Waals surface area contributed by atoms with Crippen molar-refractivity contribution in [1.82, 2.24) is 5.32 Å². The minimum Gasteiger partial charge on any atom is -0.489 e. The van der Waals surface area contributed by atoms with E-state index in [9.17, 15) is 14.4 Å². The van der Waals surface area contributed by atoms with Crippen molar-refractivity contribution < 1.29 is 23.9 Å². The van der Waals surface area contributed by atoms with Gasteiger partial charge >= 0.3 is 6.09 Å². The fourth-order valence-corrected chi connectivity index (χ4v) is 3.36. The van der Waals surface area contributed by atoms with Crippen LogP contribution in [0.25, 0.3) is 0 Å². The quantitative estimate of drug-likeness (QED) is 0.436. The smallest absolute Gasteiger partial charge is 0.412 e. The van der Waals surface area contributed by atoms with Crippen molar-refractivity contribution in [2.75, 3.05) is 10.6 Å². The van der Waals surface area contributed by atoms with E-state index in [0.717, 1.165) is 5.56 Å². The maximum atomic E-state index is 12.4. The van der Waals surface area contributed by atoms with Gasteiger partial charge in [-0.15, -0.1) is 0 Å². The Balaban J connectivity index is 1.54. The molecule has 3 amide bonds. The highest BCUT2D eigenvalue weighted by Crippen LogP contribution is 2.32. The van der Waals surface area contributed by atoms with Gasteiger partial charge in [-0.2, -0.15) is 0 Å². The van der Waals surface area contributed by atoms with Gasteiger partial charge in [-0.3, -0.25) is 20.2 Å². The van der Waals surface area contributed by atoms with Crippen LogP contribution in [0.15, 0.2) is 66.7 Å². The Bertz CT molecular complexity index is 1230. The Morgan fingerprint density at radius 3 is 2.12 bits per heavy atom. The van der Waals surface area contributed by atoms with Crippen LogP contribution in [-0.2, 0) is 11.3 Å². The number of nitrogens with one attached hydrogen (secondary N) is 3. The summed E-state index contributed by atoms with van der Waals surface area (Å²) in [5, 5.41) is 8.11. The lowest BCUT2D eigenvalue weighted by Gasteiger charge is -2.21. The number of rotatable bonds is 6. The number of ether oxygens (including phenoxy) is 2. The monoisotopic (exact) mass is 459 g/mol. The predicted molar refractivity (Wildman–Crippen MR) is 129 cm³/mol. The normalized spacial score (nSPS) is 12.6. The van der Waals surface area contributed by atoms with Gasteiger partial charge in [0, 0.05) is 5.69 Å². The van der Waals surface area contributed by atoms with E-state index in [-0.39, 0.29) is 11.1 Å². The molecule has 0 fully saturated rings. The molecule has 174 valence electrons. The third-order valence-electron chi connectivity index (χ3n) is 4.89. The van der Waals surface area contributed by atoms with Crippen LogP contribution in [0.4, 0.5) is 21.9 Å². The molecule has 0 saturated heterocycles. The number of imide groups is 1. The highest BCUT2D eigenvalue weighted by atomic mass is 16.6. The van der Waals surface area contributed by atoms with Crippen LogP contribution in [0.2, 0.25) is 0 Å². The molecule has 0 bridgehead atoms. The second-order valence-electron chi connectivity index (χ2n) is 8.78. The number of fused-ring (bicyclic) bond motifs is 1. The van der Waals surface area contributed by atoms with Crippen molar-refractivity contribution in [3.63, 3.8) is 0 Å². The third-order valence-corrected chi connectivity index (χ3v) is 4.89. The molecule has 8 heteroatoms. The molecule has 0 atom stereocenters. The van der Waals surface area contributed by atoms with E-state index in [0.29, 0.717) is 29.4 Å². The molecule has 1 aliphatic rings. The van der Waals surface area contributed by atoms with Crippen molar-refractivity contribution in [3.8, 4) is 5.75 Å². The average Bonchev–Trinajstić information content (AvgIpc) is 3.05. The fourth-order valence-electron chi connectivity index (χ4n) is 3.36. The topological polar surface area (TPSA) is 106 Å². The van der Waals surface area contributed by atoms with E-state index in [2.05, 4.69) is 16.0 Å². The van der Waals surface area contributed by atoms with Crippen LogP contribution in [0, 0.1) is 0 Å². The lowest BCUT2D eigenvalue weighted by molar-refractivity contribution is 0.0635. The molecule has 0 radical (unpaired) electrons. The maximum Gasteiger partial charge on any atom is 0.412 e. The zero-order valence-electron chi connectivity index (χ0n) is 19.1. The summed E-state index contributed by atoms with van der Waals surface area (Å²) in [6.07, 6.45) is -0.676. The van der Waals surface area contributed by atoms with E-state index < -0.39 is 23.5 Å². The lowest BCUT2D eigenvalue weighted by Crippen LogP contribution is -2.27. The van der Waals surface area contributed by atoms with Gasteiger partial charge in [0.05, 0.1) is 22.5 Å².